The number of carboxylic acids is 1. The predicted molar refractivity (Wildman–Crippen MR) is 101 cm³/mol. The lowest BCUT2D eigenvalue weighted by Crippen LogP contribution is -2.08. The Morgan fingerprint density at radius 2 is 1.81 bits per heavy atom. The van der Waals surface area contributed by atoms with E-state index in [1.807, 2.05) is 6.08 Å². The van der Waals surface area contributed by atoms with Crippen LogP contribution in [0.1, 0.15) is 61.4 Å². The summed E-state index contributed by atoms with van der Waals surface area (Å²) >= 11 is 0. The molecule has 0 radical (unpaired) electrons. The number of hydrogen-bond donors (Lipinski definition) is 3. The van der Waals surface area contributed by atoms with Gasteiger partial charge in [0.15, 0.2) is 0 Å². The van der Waals surface area contributed by atoms with Gasteiger partial charge in [-0.2, -0.15) is 0 Å². The third-order valence-corrected chi connectivity index (χ3v) is 4.14. The Morgan fingerprint density at radius 1 is 1.12 bits per heavy atom. The Labute approximate surface area is 155 Å². The lowest BCUT2D eigenvalue weighted by Gasteiger charge is -2.11. The number of hydrogen-bond acceptors (Lipinski definition) is 5. The molecule has 2 atom stereocenters. The molecule has 1 aromatic carbocycles. The summed E-state index contributed by atoms with van der Waals surface area (Å²) in [5, 5.41) is 28.6. The Balaban J connectivity index is 2.61. The highest BCUT2D eigenvalue weighted by Crippen LogP contribution is 2.30. The first kappa shape index (κ1) is 22.0. The highest BCUT2D eigenvalue weighted by Gasteiger charge is 2.17. The summed E-state index contributed by atoms with van der Waals surface area (Å²) in [6.07, 6.45) is 7.34. The summed E-state index contributed by atoms with van der Waals surface area (Å²) in [6.45, 7) is 1.75. The van der Waals surface area contributed by atoms with Crippen molar-refractivity contribution in [3.8, 4) is 11.5 Å². The Morgan fingerprint density at radius 3 is 2.38 bits per heavy atom. The number of aliphatic hydroxyl groups is 2. The van der Waals surface area contributed by atoms with E-state index >= 15 is 0 Å². The number of allylic oxidation sites excluding steroid dienone is 1. The van der Waals surface area contributed by atoms with Gasteiger partial charge in [0.05, 0.1) is 26.4 Å². The number of ether oxygens (including phenoxy) is 2. The molecule has 1 rings (SSSR count). The molecule has 0 saturated carbocycles. The minimum absolute atomic E-state index is 0.0997. The number of benzene rings is 1. The van der Waals surface area contributed by atoms with Crippen LogP contribution in [0.25, 0.3) is 6.08 Å². The van der Waals surface area contributed by atoms with E-state index in [9.17, 15) is 20.1 Å². The normalized spacial score (nSPS) is 13.6. The lowest BCUT2D eigenvalue weighted by molar-refractivity contribution is 0.0693. The maximum atomic E-state index is 11.5. The monoisotopic (exact) mass is 366 g/mol. The van der Waals surface area contributed by atoms with Crippen molar-refractivity contribution in [2.24, 2.45) is 0 Å². The van der Waals surface area contributed by atoms with Crippen LogP contribution in [-0.4, -0.2) is 47.7 Å². The molecule has 0 spiro atoms. The molecule has 0 bridgehead atoms. The standard InChI is InChI=1S/C20H30O6/c1-14(21)8-7-11-16(22)10-6-4-5-9-15-12-17(25-2)13-18(26-3)19(15)20(23)24/h5,9,12-14,16,21-22H,4,6-8,10-11H2,1-3H3,(H,23,24)/b9-5+/t14-,16+/m0/s1. The minimum atomic E-state index is -1.06. The molecule has 26 heavy (non-hydrogen) atoms. The summed E-state index contributed by atoms with van der Waals surface area (Å²) in [7, 11) is 2.94. The van der Waals surface area contributed by atoms with Gasteiger partial charge in [0.25, 0.3) is 0 Å². The number of unbranched alkanes of at least 4 members (excludes halogenated alkanes) is 1. The van der Waals surface area contributed by atoms with Gasteiger partial charge in [0.2, 0.25) is 0 Å². The van der Waals surface area contributed by atoms with Crippen LogP contribution < -0.4 is 9.47 Å². The van der Waals surface area contributed by atoms with Crippen molar-refractivity contribution >= 4 is 12.0 Å². The highest BCUT2D eigenvalue weighted by atomic mass is 16.5. The molecule has 0 aliphatic carbocycles. The third-order valence-electron chi connectivity index (χ3n) is 4.14. The Kier molecular flexibility index (Phi) is 9.76. The van der Waals surface area contributed by atoms with Crippen molar-refractivity contribution < 1.29 is 29.6 Å². The van der Waals surface area contributed by atoms with Crippen LogP contribution >= 0.6 is 0 Å². The van der Waals surface area contributed by atoms with Crippen LogP contribution in [0.3, 0.4) is 0 Å². The van der Waals surface area contributed by atoms with E-state index in [1.54, 1.807) is 25.1 Å². The van der Waals surface area contributed by atoms with Crippen LogP contribution in [0.5, 0.6) is 11.5 Å². The quantitative estimate of drug-likeness (QED) is 0.490. The van der Waals surface area contributed by atoms with Crippen LogP contribution in [0.4, 0.5) is 0 Å². The van der Waals surface area contributed by atoms with Crippen LogP contribution in [-0.2, 0) is 0 Å². The second kappa shape index (κ2) is 11.5. The summed E-state index contributed by atoms with van der Waals surface area (Å²) < 4.78 is 10.3. The van der Waals surface area contributed by atoms with Crippen LogP contribution in [0, 0.1) is 0 Å². The van der Waals surface area contributed by atoms with Crippen LogP contribution in [0.2, 0.25) is 0 Å². The number of aromatic carboxylic acids is 1. The average molecular weight is 366 g/mol. The highest BCUT2D eigenvalue weighted by molar-refractivity contribution is 5.95. The van der Waals surface area contributed by atoms with E-state index < -0.39 is 5.97 Å². The van der Waals surface area contributed by atoms with Gasteiger partial charge in [0, 0.05) is 6.07 Å². The summed E-state index contributed by atoms with van der Waals surface area (Å²) in [4.78, 5) is 11.5. The SMILES string of the molecule is COc1cc(/C=C/CCC[C@@H](O)CCC[C@H](C)O)c(C(=O)O)c(OC)c1. The van der Waals surface area contributed by atoms with E-state index in [1.165, 1.54) is 14.2 Å². The number of carbonyl (C=O) groups is 1. The number of rotatable bonds is 12. The van der Waals surface area contributed by atoms with E-state index in [0.717, 1.165) is 19.3 Å². The fraction of sp³-hybridized carbons (Fsp3) is 0.550. The molecule has 0 amide bonds. The maximum absolute atomic E-state index is 11.5. The van der Waals surface area contributed by atoms with Crippen molar-refractivity contribution in [2.45, 2.75) is 57.7 Å². The number of carboxylic acid groups (broad SMARTS) is 1. The molecule has 0 unspecified atom stereocenters. The van der Waals surface area contributed by atoms with Gasteiger partial charge < -0.3 is 24.8 Å². The number of aliphatic hydroxyl groups excluding tert-OH is 2. The Hall–Kier alpha value is -2.05. The molecule has 0 saturated heterocycles. The van der Waals surface area contributed by atoms with Gasteiger partial charge in [-0.05, 0) is 57.1 Å². The molecule has 146 valence electrons. The van der Waals surface area contributed by atoms with Gasteiger partial charge in [0.1, 0.15) is 17.1 Å². The molecule has 6 nitrogen and oxygen atoms in total. The van der Waals surface area contributed by atoms with Crippen molar-refractivity contribution in [3.63, 3.8) is 0 Å². The molecule has 0 heterocycles. The molecular weight excluding hydrogens is 336 g/mol. The zero-order chi connectivity index (χ0) is 19.5. The average Bonchev–Trinajstić information content (AvgIpc) is 2.59. The summed E-state index contributed by atoms with van der Waals surface area (Å²) in [6, 6.07) is 3.21. The predicted octanol–water partition coefficient (Wildman–Crippen LogP) is 3.50. The first-order chi connectivity index (χ1) is 12.4. The third kappa shape index (κ3) is 7.45. The Bertz CT molecular complexity index is 594. The van der Waals surface area contributed by atoms with E-state index in [4.69, 9.17) is 9.47 Å². The first-order valence-corrected chi connectivity index (χ1v) is 8.91. The van der Waals surface area contributed by atoms with Crippen molar-refractivity contribution in [1.82, 2.24) is 0 Å². The topological polar surface area (TPSA) is 96.2 Å². The van der Waals surface area contributed by atoms with Gasteiger partial charge in [-0.1, -0.05) is 12.2 Å². The smallest absolute Gasteiger partial charge is 0.340 e. The first-order valence-electron chi connectivity index (χ1n) is 8.91. The molecule has 3 N–H and O–H groups in total. The van der Waals surface area contributed by atoms with Crippen molar-refractivity contribution in [3.05, 3.63) is 29.3 Å². The summed E-state index contributed by atoms with van der Waals surface area (Å²) in [5.74, 6) is -0.275. The molecular formula is C20H30O6. The molecule has 0 aromatic heterocycles. The minimum Gasteiger partial charge on any atom is -0.497 e. The fourth-order valence-corrected chi connectivity index (χ4v) is 2.72. The second-order valence-corrected chi connectivity index (χ2v) is 6.37. The zero-order valence-electron chi connectivity index (χ0n) is 15.8. The maximum Gasteiger partial charge on any atom is 0.340 e. The van der Waals surface area contributed by atoms with Gasteiger partial charge in [-0.25, -0.2) is 4.79 Å². The molecule has 0 aliphatic rings. The molecule has 0 fully saturated rings. The molecule has 1 aromatic rings. The van der Waals surface area contributed by atoms with E-state index in [2.05, 4.69) is 0 Å². The molecule has 0 aliphatic heterocycles. The summed E-state index contributed by atoms with van der Waals surface area (Å²) in [5.41, 5.74) is 0.619. The fourth-order valence-electron chi connectivity index (χ4n) is 2.72. The second-order valence-electron chi connectivity index (χ2n) is 6.37. The van der Waals surface area contributed by atoms with Gasteiger partial charge in [-0.15, -0.1) is 0 Å². The van der Waals surface area contributed by atoms with Crippen molar-refractivity contribution in [1.29, 1.82) is 0 Å². The zero-order valence-corrected chi connectivity index (χ0v) is 15.8. The van der Waals surface area contributed by atoms with E-state index in [0.29, 0.717) is 30.6 Å². The number of methoxy groups -OCH3 is 2. The van der Waals surface area contributed by atoms with Gasteiger partial charge in [-0.3, -0.25) is 0 Å². The lowest BCUT2D eigenvalue weighted by atomic mass is 10.0. The van der Waals surface area contributed by atoms with Crippen molar-refractivity contribution in [2.75, 3.05) is 14.2 Å². The van der Waals surface area contributed by atoms with Crippen LogP contribution in [0.15, 0.2) is 18.2 Å². The molecule has 6 heteroatoms. The van der Waals surface area contributed by atoms with Gasteiger partial charge >= 0.3 is 5.97 Å². The largest absolute Gasteiger partial charge is 0.497 e. The van der Waals surface area contributed by atoms with E-state index in [-0.39, 0.29) is 23.5 Å².